The molecule has 0 amide bonds. The minimum absolute atomic E-state index is 0.127. The number of Topliss-reactive ketones (excluding diaryl/α,β-unsaturated/α-hetero) is 1. The summed E-state index contributed by atoms with van der Waals surface area (Å²) in [4.78, 5) is 12.0. The molecule has 0 aliphatic heterocycles. The summed E-state index contributed by atoms with van der Waals surface area (Å²) in [6, 6.07) is 14.1. The van der Waals surface area contributed by atoms with Crippen LogP contribution < -0.4 is 4.74 Å². The molecule has 0 fully saturated rings. The largest absolute Gasteiger partial charge is 0.484 e. The van der Waals surface area contributed by atoms with E-state index in [-0.39, 0.29) is 18.0 Å². The van der Waals surface area contributed by atoms with E-state index >= 15 is 0 Å². The van der Waals surface area contributed by atoms with Crippen LogP contribution in [-0.4, -0.2) is 12.4 Å². The number of nitriles is 1. The average Bonchev–Trinajstić information content (AvgIpc) is 2.44. The average molecular weight is 286 g/mol. The SMILES string of the molecule is Cc1cccc(C(=O)COc2cccc(Cl)c2C#N)c1. The first kappa shape index (κ1) is 14.1. The quantitative estimate of drug-likeness (QED) is 0.803. The number of hydrogen-bond acceptors (Lipinski definition) is 3. The lowest BCUT2D eigenvalue weighted by atomic mass is 10.1. The number of carbonyl (C=O) groups is 1. The van der Waals surface area contributed by atoms with E-state index in [1.807, 2.05) is 25.1 Å². The van der Waals surface area contributed by atoms with Crippen molar-refractivity contribution < 1.29 is 9.53 Å². The Labute approximate surface area is 122 Å². The van der Waals surface area contributed by atoms with Crippen LogP contribution in [0, 0.1) is 18.3 Å². The van der Waals surface area contributed by atoms with Gasteiger partial charge in [0.05, 0.1) is 5.02 Å². The predicted molar refractivity (Wildman–Crippen MR) is 77.2 cm³/mol. The Hall–Kier alpha value is -2.31. The highest BCUT2D eigenvalue weighted by Crippen LogP contribution is 2.25. The molecule has 0 N–H and O–H groups in total. The molecule has 2 rings (SSSR count). The minimum Gasteiger partial charge on any atom is -0.484 e. The molecule has 100 valence electrons. The monoisotopic (exact) mass is 285 g/mol. The molecule has 2 aromatic carbocycles. The second-order valence-electron chi connectivity index (χ2n) is 4.31. The minimum atomic E-state index is -0.141. The van der Waals surface area contributed by atoms with Gasteiger partial charge in [-0.3, -0.25) is 4.79 Å². The van der Waals surface area contributed by atoms with Crippen molar-refractivity contribution in [2.24, 2.45) is 0 Å². The van der Waals surface area contributed by atoms with E-state index in [4.69, 9.17) is 21.6 Å². The zero-order valence-corrected chi connectivity index (χ0v) is 11.6. The van der Waals surface area contributed by atoms with Crippen molar-refractivity contribution in [1.82, 2.24) is 0 Å². The molecule has 0 aliphatic rings. The van der Waals surface area contributed by atoms with Gasteiger partial charge >= 0.3 is 0 Å². The smallest absolute Gasteiger partial charge is 0.200 e. The van der Waals surface area contributed by atoms with Crippen molar-refractivity contribution in [2.75, 3.05) is 6.61 Å². The van der Waals surface area contributed by atoms with E-state index < -0.39 is 0 Å². The van der Waals surface area contributed by atoms with Gasteiger partial charge in [-0.2, -0.15) is 5.26 Å². The Morgan fingerprint density at radius 1 is 1.30 bits per heavy atom. The van der Waals surface area contributed by atoms with Crippen LogP contribution in [-0.2, 0) is 0 Å². The van der Waals surface area contributed by atoms with Crippen LogP contribution in [0.4, 0.5) is 0 Å². The molecule has 3 nitrogen and oxygen atoms in total. The van der Waals surface area contributed by atoms with Gasteiger partial charge in [0.25, 0.3) is 0 Å². The van der Waals surface area contributed by atoms with Crippen LogP contribution in [0.15, 0.2) is 42.5 Å². The van der Waals surface area contributed by atoms with Crippen LogP contribution in [0.1, 0.15) is 21.5 Å². The first-order chi connectivity index (χ1) is 9.61. The van der Waals surface area contributed by atoms with Gasteiger partial charge in [0.15, 0.2) is 12.4 Å². The van der Waals surface area contributed by atoms with Gasteiger partial charge in [0, 0.05) is 5.56 Å². The van der Waals surface area contributed by atoms with Crippen LogP contribution in [0.25, 0.3) is 0 Å². The standard InChI is InChI=1S/C16H12ClNO2/c1-11-4-2-5-12(8-11)15(19)10-20-16-7-3-6-14(17)13(16)9-18/h2-8H,10H2,1H3. The number of hydrogen-bond donors (Lipinski definition) is 0. The highest BCUT2D eigenvalue weighted by molar-refractivity contribution is 6.31. The van der Waals surface area contributed by atoms with E-state index in [0.717, 1.165) is 5.56 Å². The zero-order chi connectivity index (χ0) is 14.5. The van der Waals surface area contributed by atoms with Crippen LogP contribution in [0.5, 0.6) is 5.75 Å². The molecule has 0 spiro atoms. The Morgan fingerprint density at radius 3 is 2.75 bits per heavy atom. The van der Waals surface area contributed by atoms with E-state index in [2.05, 4.69) is 0 Å². The Morgan fingerprint density at radius 2 is 2.05 bits per heavy atom. The summed E-state index contributed by atoms with van der Waals surface area (Å²) in [5, 5.41) is 9.33. The summed E-state index contributed by atoms with van der Waals surface area (Å²) >= 11 is 5.90. The molecule has 0 unspecified atom stereocenters. The number of halogens is 1. The fraction of sp³-hybridized carbons (Fsp3) is 0.125. The van der Waals surface area contributed by atoms with Crippen molar-refractivity contribution in [3.05, 3.63) is 64.2 Å². The lowest BCUT2D eigenvalue weighted by molar-refractivity contribution is 0.0921. The van der Waals surface area contributed by atoms with Gasteiger partial charge in [-0.25, -0.2) is 0 Å². The molecule has 0 atom stereocenters. The maximum Gasteiger partial charge on any atom is 0.200 e. The van der Waals surface area contributed by atoms with E-state index in [0.29, 0.717) is 16.3 Å². The summed E-state index contributed by atoms with van der Waals surface area (Å²) in [7, 11) is 0. The molecule has 0 radical (unpaired) electrons. The van der Waals surface area contributed by atoms with Crippen LogP contribution in [0.3, 0.4) is 0 Å². The second kappa shape index (κ2) is 6.23. The van der Waals surface area contributed by atoms with Gasteiger partial charge < -0.3 is 4.74 Å². The maximum atomic E-state index is 12.0. The normalized spacial score (nSPS) is 9.85. The molecule has 0 saturated carbocycles. The molecule has 0 saturated heterocycles. The Bertz CT molecular complexity index is 689. The van der Waals surface area contributed by atoms with Gasteiger partial charge in [-0.15, -0.1) is 0 Å². The summed E-state index contributed by atoms with van der Waals surface area (Å²) in [6.07, 6.45) is 0. The zero-order valence-electron chi connectivity index (χ0n) is 10.9. The van der Waals surface area contributed by atoms with Crippen molar-refractivity contribution in [3.8, 4) is 11.8 Å². The topological polar surface area (TPSA) is 50.1 Å². The molecule has 0 heterocycles. The van der Waals surface area contributed by atoms with Crippen molar-refractivity contribution >= 4 is 17.4 Å². The molecule has 0 aliphatic carbocycles. The number of ether oxygens (including phenoxy) is 1. The van der Waals surface area contributed by atoms with E-state index in [9.17, 15) is 4.79 Å². The fourth-order valence-corrected chi connectivity index (χ4v) is 1.99. The molecule has 0 bridgehead atoms. The molecule has 4 heteroatoms. The highest BCUT2D eigenvalue weighted by Gasteiger charge is 2.11. The first-order valence-corrected chi connectivity index (χ1v) is 6.41. The number of nitrogens with zero attached hydrogens (tertiary/aromatic N) is 1. The second-order valence-corrected chi connectivity index (χ2v) is 4.71. The van der Waals surface area contributed by atoms with Gasteiger partial charge in [-0.1, -0.05) is 41.4 Å². The number of carbonyl (C=O) groups excluding carboxylic acids is 1. The molecule has 20 heavy (non-hydrogen) atoms. The Balaban J connectivity index is 2.12. The lowest BCUT2D eigenvalue weighted by Gasteiger charge is -2.08. The number of benzene rings is 2. The number of rotatable bonds is 4. The predicted octanol–water partition coefficient (Wildman–Crippen LogP) is 3.78. The molecular weight excluding hydrogens is 274 g/mol. The third kappa shape index (κ3) is 3.17. The number of aryl methyl sites for hydroxylation is 1. The third-order valence-corrected chi connectivity index (χ3v) is 3.10. The summed E-state index contributed by atoms with van der Waals surface area (Å²) in [5.74, 6) is 0.179. The van der Waals surface area contributed by atoms with E-state index in [1.54, 1.807) is 30.3 Å². The molecule has 2 aromatic rings. The summed E-state index contributed by atoms with van der Waals surface area (Å²) in [5.41, 5.74) is 1.84. The van der Waals surface area contributed by atoms with Crippen LogP contribution >= 0.6 is 11.6 Å². The van der Waals surface area contributed by atoms with Gasteiger partial charge in [0.2, 0.25) is 0 Å². The van der Waals surface area contributed by atoms with Crippen molar-refractivity contribution in [3.63, 3.8) is 0 Å². The lowest BCUT2D eigenvalue weighted by Crippen LogP contribution is -2.12. The highest BCUT2D eigenvalue weighted by atomic mass is 35.5. The Kier molecular flexibility index (Phi) is 4.39. The maximum absolute atomic E-state index is 12.0. The van der Waals surface area contributed by atoms with E-state index in [1.165, 1.54) is 0 Å². The third-order valence-electron chi connectivity index (χ3n) is 2.79. The number of ketones is 1. The molecule has 0 aromatic heterocycles. The van der Waals surface area contributed by atoms with Gasteiger partial charge in [0.1, 0.15) is 17.4 Å². The van der Waals surface area contributed by atoms with Crippen molar-refractivity contribution in [1.29, 1.82) is 5.26 Å². The van der Waals surface area contributed by atoms with Crippen molar-refractivity contribution in [2.45, 2.75) is 6.92 Å². The van der Waals surface area contributed by atoms with Gasteiger partial charge in [-0.05, 0) is 25.1 Å². The summed E-state index contributed by atoms with van der Waals surface area (Å²) in [6.45, 7) is 1.79. The summed E-state index contributed by atoms with van der Waals surface area (Å²) < 4.78 is 5.41. The molecular formula is C16H12ClNO2. The fourth-order valence-electron chi connectivity index (χ4n) is 1.78. The van der Waals surface area contributed by atoms with Crippen LogP contribution in [0.2, 0.25) is 5.02 Å². The first-order valence-electron chi connectivity index (χ1n) is 6.03.